The molecule has 0 atom stereocenters. The van der Waals surface area contributed by atoms with Gasteiger partial charge in [0, 0.05) is 34.4 Å². The second-order valence-electron chi connectivity index (χ2n) is 7.82. The van der Waals surface area contributed by atoms with E-state index >= 15 is 0 Å². The smallest absolute Gasteiger partial charge is 0.255 e. The largest absolute Gasteiger partial charge is 0.494 e. The van der Waals surface area contributed by atoms with Crippen LogP contribution >= 0.6 is 0 Å². The molecule has 1 amide bonds. The lowest BCUT2D eigenvalue weighted by Crippen LogP contribution is -2.11. The number of carbonyl (C=O) groups is 1. The minimum atomic E-state index is -0.183. The number of aryl methyl sites for hydroxylation is 2. The Bertz CT molecular complexity index is 1250. The average Bonchev–Trinajstić information content (AvgIpc) is 2.82. The number of rotatable bonds is 8. The van der Waals surface area contributed by atoms with E-state index in [1.165, 1.54) is 5.56 Å². The Kier molecular flexibility index (Phi) is 7.03. The van der Waals surface area contributed by atoms with E-state index in [1.54, 1.807) is 24.3 Å². The van der Waals surface area contributed by atoms with Gasteiger partial charge in [0.15, 0.2) is 0 Å². The molecule has 34 heavy (non-hydrogen) atoms. The molecule has 0 bridgehead atoms. The van der Waals surface area contributed by atoms with Crippen LogP contribution in [0.1, 0.15) is 28.5 Å². The molecular formula is C27H27N5O2. The number of nitrogens with zero attached hydrogens (tertiary/aromatic N) is 2. The molecule has 4 rings (SSSR count). The summed E-state index contributed by atoms with van der Waals surface area (Å²) in [5.74, 6) is 1.75. The monoisotopic (exact) mass is 453 g/mol. The molecular weight excluding hydrogens is 426 g/mol. The summed E-state index contributed by atoms with van der Waals surface area (Å²) in [5.41, 5.74) is 5.06. The molecule has 0 unspecified atom stereocenters. The summed E-state index contributed by atoms with van der Waals surface area (Å²) in [5, 5.41) is 9.43. The number of hydrogen-bond donors (Lipinski definition) is 3. The number of aromatic nitrogens is 2. The van der Waals surface area contributed by atoms with Crippen molar-refractivity contribution in [2.24, 2.45) is 0 Å². The molecule has 0 aliphatic carbocycles. The fourth-order valence-electron chi connectivity index (χ4n) is 3.31. The Morgan fingerprint density at radius 1 is 0.794 bits per heavy atom. The van der Waals surface area contributed by atoms with Crippen molar-refractivity contribution in [3.05, 3.63) is 95.7 Å². The average molecular weight is 454 g/mol. The fourth-order valence-corrected chi connectivity index (χ4v) is 3.31. The highest BCUT2D eigenvalue weighted by Crippen LogP contribution is 2.21. The lowest BCUT2D eigenvalue weighted by Gasteiger charge is -2.11. The van der Waals surface area contributed by atoms with E-state index in [0.717, 1.165) is 22.8 Å². The van der Waals surface area contributed by atoms with Crippen LogP contribution in [0.15, 0.2) is 78.9 Å². The van der Waals surface area contributed by atoms with Crippen LogP contribution in [-0.2, 0) is 0 Å². The van der Waals surface area contributed by atoms with E-state index in [0.29, 0.717) is 29.6 Å². The first-order valence-corrected chi connectivity index (χ1v) is 11.1. The number of nitrogens with one attached hydrogen (secondary N) is 3. The van der Waals surface area contributed by atoms with Gasteiger partial charge < -0.3 is 20.7 Å². The van der Waals surface area contributed by atoms with Crippen molar-refractivity contribution in [2.45, 2.75) is 20.8 Å². The number of hydrogen-bond acceptors (Lipinski definition) is 6. The molecule has 1 aromatic heterocycles. The molecule has 0 aliphatic rings. The van der Waals surface area contributed by atoms with Crippen LogP contribution in [0.4, 0.5) is 28.8 Å². The SMILES string of the molecule is CCOc1ccc(C(=O)Nc2ccc(Nc3nc(C)cc(Nc4ccc(C)cc4)n3)cc2)cc1. The molecule has 1 heterocycles. The predicted octanol–water partition coefficient (Wildman–Crippen LogP) is 6.23. The highest BCUT2D eigenvalue weighted by Gasteiger charge is 2.08. The van der Waals surface area contributed by atoms with Gasteiger partial charge in [-0.15, -0.1) is 0 Å². The molecule has 0 fully saturated rings. The third-order valence-electron chi connectivity index (χ3n) is 5.00. The first-order chi connectivity index (χ1) is 16.5. The highest BCUT2D eigenvalue weighted by atomic mass is 16.5. The normalized spacial score (nSPS) is 10.4. The first-order valence-electron chi connectivity index (χ1n) is 11.1. The van der Waals surface area contributed by atoms with Crippen LogP contribution in [0, 0.1) is 13.8 Å². The maximum atomic E-state index is 12.5. The van der Waals surface area contributed by atoms with Gasteiger partial charge in [-0.25, -0.2) is 4.98 Å². The highest BCUT2D eigenvalue weighted by molar-refractivity contribution is 6.04. The van der Waals surface area contributed by atoms with E-state index in [9.17, 15) is 4.79 Å². The number of anilines is 5. The van der Waals surface area contributed by atoms with Gasteiger partial charge in [0.2, 0.25) is 5.95 Å². The van der Waals surface area contributed by atoms with Crippen LogP contribution in [0.25, 0.3) is 0 Å². The Morgan fingerprint density at radius 2 is 1.41 bits per heavy atom. The zero-order chi connectivity index (χ0) is 23.9. The van der Waals surface area contributed by atoms with Crippen molar-refractivity contribution in [2.75, 3.05) is 22.6 Å². The number of benzene rings is 3. The summed E-state index contributed by atoms with van der Waals surface area (Å²) in [4.78, 5) is 21.5. The summed E-state index contributed by atoms with van der Waals surface area (Å²) < 4.78 is 5.42. The van der Waals surface area contributed by atoms with Crippen LogP contribution in [0.3, 0.4) is 0 Å². The van der Waals surface area contributed by atoms with Crippen LogP contribution in [0.5, 0.6) is 5.75 Å². The third kappa shape index (κ3) is 6.10. The predicted molar refractivity (Wildman–Crippen MR) is 137 cm³/mol. The van der Waals surface area contributed by atoms with Gasteiger partial charge in [0.1, 0.15) is 11.6 Å². The molecule has 0 saturated carbocycles. The molecule has 0 saturated heterocycles. The van der Waals surface area contributed by atoms with Gasteiger partial charge >= 0.3 is 0 Å². The second-order valence-corrected chi connectivity index (χ2v) is 7.82. The molecule has 3 N–H and O–H groups in total. The van der Waals surface area contributed by atoms with Crippen LogP contribution < -0.4 is 20.7 Å². The summed E-state index contributed by atoms with van der Waals surface area (Å²) in [6.45, 7) is 6.49. The molecule has 0 spiro atoms. The van der Waals surface area contributed by atoms with Gasteiger partial charge in [0.05, 0.1) is 6.61 Å². The van der Waals surface area contributed by atoms with Gasteiger partial charge in [0.25, 0.3) is 5.91 Å². The van der Waals surface area contributed by atoms with Crippen molar-refractivity contribution < 1.29 is 9.53 Å². The lowest BCUT2D eigenvalue weighted by atomic mass is 10.2. The van der Waals surface area contributed by atoms with Crippen LogP contribution in [0.2, 0.25) is 0 Å². The first kappa shape index (κ1) is 22.8. The summed E-state index contributed by atoms with van der Waals surface area (Å²) in [6, 6.07) is 24.5. The topological polar surface area (TPSA) is 88.2 Å². The van der Waals surface area contributed by atoms with Crippen molar-refractivity contribution in [1.29, 1.82) is 0 Å². The zero-order valence-electron chi connectivity index (χ0n) is 19.4. The Balaban J connectivity index is 1.39. The minimum absolute atomic E-state index is 0.183. The van der Waals surface area contributed by atoms with Crippen molar-refractivity contribution in [3.63, 3.8) is 0 Å². The second kappa shape index (κ2) is 10.5. The maximum Gasteiger partial charge on any atom is 0.255 e. The lowest BCUT2D eigenvalue weighted by molar-refractivity contribution is 0.102. The van der Waals surface area contributed by atoms with E-state index < -0.39 is 0 Å². The van der Waals surface area contributed by atoms with Crippen molar-refractivity contribution in [1.82, 2.24) is 9.97 Å². The zero-order valence-corrected chi connectivity index (χ0v) is 19.4. The van der Waals surface area contributed by atoms with E-state index in [2.05, 4.69) is 32.8 Å². The van der Waals surface area contributed by atoms with Gasteiger partial charge in [-0.1, -0.05) is 17.7 Å². The maximum absolute atomic E-state index is 12.5. The summed E-state index contributed by atoms with van der Waals surface area (Å²) >= 11 is 0. The fraction of sp³-hybridized carbons (Fsp3) is 0.148. The van der Waals surface area contributed by atoms with Crippen LogP contribution in [-0.4, -0.2) is 22.5 Å². The molecule has 0 radical (unpaired) electrons. The summed E-state index contributed by atoms with van der Waals surface area (Å²) in [7, 11) is 0. The van der Waals surface area contributed by atoms with Gasteiger partial charge in [-0.05, 0) is 81.4 Å². The van der Waals surface area contributed by atoms with Gasteiger partial charge in [-0.2, -0.15) is 4.98 Å². The third-order valence-corrected chi connectivity index (χ3v) is 5.00. The van der Waals surface area contributed by atoms with Crippen molar-refractivity contribution >= 4 is 34.7 Å². The Labute approximate surface area is 199 Å². The van der Waals surface area contributed by atoms with E-state index in [-0.39, 0.29) is 5.91 Å². The molecule has 4 aromatic rings. The van der Waals surface area contributed by atoms with E-state index in [1.807, 2.05) is 68.4 Å². The molecule has 7 nitrogen and oxygen atoms in total. The number of ether oxygens (including phenoxy) is 1. The van der Waals surface area contributed by atoms with Crippen molar-refractivity contribution in [3.8, 4) is 5.75 Å². The molecule has 172 valence electrons. The molecule has 3 aromatic carbocycles. The Hall–Kier alpha value is -4.39. The molecule has 0 aliphatic heterocycles. The Morgan fingerprint density at radius 3 is 2.09 bits per heavy atom. The quantitative estimate of drug-likeness (QED) is 0.293. The minimum Gasteiger partial charge on any atom is -0.494 e. The summed E-state index contributed by atoms with van der Waals surface area (Å²) in [6.07, 6.45) is 0. The van der Waals surface area contributed by atoms with E-state index in [4.69, 9.17) is 4.74 Å². The van der Waals surface area contributed by atoms with Gasteiger partial charge in [-0.3, -0.25) is 4.79 Å². The molecule has 7 heteroatoms. The standard InChI is InChI=1S/C27H27N5O2/c1-4-34-24-15-7-20(8-16-24)26(33)30-22-11-13-23(14-12-22)31-27-28-19(3)17-25(32-27)29-21-9-5-18(2)6-10-21/h5-17H,4H2,1-3H3,(H,30,33)(H2,28,29,31,32). The number of carbonyl (C=O) groups excluding carboxylic acids is 1. The number of amides is 1.